The summed E-state index contributed by atoms with van der Waals surface area (Å²) < 4.78 is 0. The standard InChI is InChI=1S/C16H16N2S/c1-11-3-4-14(9-12(11)2)19-15-5-6-16(18)13(10-15)7-8-17/h3-6,9-10H,7,18H2,1-2H3. The van der Waals surface area contributed by atoms with Gasteiger partial charge < -0.3 is 5.73 Å². The van der Waals surface area contributed by atoms with Gasteiger partial charge in [0.1, 0.15) is 0 Å². The average molecular weight is 268 g/mol. The number of anilines is 1. The Morgan fingerprint density at radius 1 is 1.05 bits per heavy atom. The van der Waals surface area contributed by atoms with E-state index < -0.39 is 0 Å². The van der Waals surface area contributed by atoms with Crippen LogP contribution in [0.4, 0.5) is 5.69 Å². The monoisotopic (exact) mass is 268 g/mol. The van der Waals surface area contributed by atoms with Gasteiger partial charge in [0, 0.05) is 15.5 Å². The first-order valence-corrected chi connectivity index (χ1v) is 6.92. The highest BCUT2D eigenvalue weighted by Crippen LogP contribution is 2.31. The van der Waals surface area contributed by atoms with Gasteiger partial charge in [0.25, 0.3) is 0 Å². The lowest BCUT2D eigenvalue weighted by molar-refractivity contribution is 1.23. The smallest absolute Gasteiger partial charge is 0.0670 e. The molecule has 19 heavy (non-hydrogen) atoms. The summed E-state index contributed by atoms with van der Waals surface area (Å²) in [6.45, 7) is 4.22. The first kappa shape index (κ1) is 13.5. The van der Waals surface area contributed by atoms with E-state index in [0.717, 1.165) is 10.5 Å². The minimum absolute atomic E-state index is 0.354. The van der Waals surface area contributed by atoms with Crippen LogP contribution < -0.4 is 5.73 Å². The van der Waals surface area contributed by atoms with Gasteiger partial charge in [0.15, 0.2) is 0 Å². The van der Waals surface area contributed by atoms with Crippen molar-refractivity contribution in [3.05, 3.63) is 53.1 Å². The largest absolute Gasteiger partial charge is 0.398 e. The van der Waals surface area contributed by atoms with Crippen molar-refractivity contribution in [3.63, 3.8) is 0 Å². The summed E-state index contributed by atoms with van der Waals surface area (Å²) in [5, 5.41) is 8.78. The van der Waals surface area contributed by atoms with Crippen molar-refractivity contribution in [2.45, 2.75) is 30.1 Å². The van der Waals surface area contributed by atoms with E-state index in [2.05, 4.69) is 38.1 Å². The number of benzene rings is 2. The fourth-order valence-electron chi connectivity index (χ4n) is 1.80. The quantitative estimate of drug-likeness (QED) is 0.852. The molecule has 0 heterocycles. The van der Waals surface area contributed by atoms with E-state index >= 15 is 0 Å². The van der Waals surface area contributed by atoms with Gasteiger partial charge in [0.05, 0.1) is 12.5 Å². The molecular weight excluding hydrogens is 252 g/mol. The van der Waals surface area contributed by atoms with Gasteiger partial charge in [-0.05, 0) is 60.9 Å². The Labute approximate surface area is 118 Å². The van der Waals surface area contributed by atoms with Crippen LogP contribution in [0, 0.1) is 25.2 Å². The number of hydrogen-bond donors (Lipinski definition) is 1. The number of hydrogen-bond acceptors (Lipinski definition) is 3. The number of aryl methyl sites for hydroxylation is 2. The van der Waals surface area contributed by atoms with E-state index in [1.54, 1.807) is 11.8 Å². The van der Waals surface area contributed by atoms with Gasteiger partial charge in [-0.3, -0.25) is 0 Å². The summed E-state index contributed by atoms with van der Waals surface area (Å²) in [6.07, 6.45) is 0.354. The van der Waals surface area contributed by atoms with Crippen molar-refractivity contribution in [2.24, 2.45) is 0 Å². The molecule has 0 atom stereocenters. The summed E-state index contributed by atoms with van der Waals surface area (Å²) in [5.74, 6) is 0. The number of nitriles is 1. The van der Waals surface area contributed by atoms with Crippen LogP contribution in [0.1, 0.15) is 16.7 Å². The molecule has 0 aliphatic carbocycles. The zero-order valence-corrected chi connectivity index (χ0v) is 11.9. The van der Waals surface area contributed by atoms with E-state index in [0.29, 0.717) is 12.1 Å². The maximum absolute atomic E-state index is 8.78. The van der Waals surface area contributed by atoms with Gasteiger partial charge in [-0.1, -0.05) is 17.8 Å². The predicted octanol–water partition coefficient (Wildman–Crippen LogP) is 4.10. The Kier molecular flexibility index (Phi) is 4.13. The molecule has 0 fully saturated rings. The highest BCUT2D eigenvalue weighted by atomic mass is 32.2. The molecule has 0 saturated carbocycles. The highest BCUT2D eigenvalue weighted by Gasteiger charge is 2.04. The predicted molar refractivity (Wildman–Crippen MR) is 80.2 cm³/mol. The van der Waals surface area contributed by atoms with Crippen LogP contribution in [-0.2, 0) is 6.42 Å². The Bertz CT molecular complexity index is 642. The van der Waals surface area contributed by atoms with Gasteiger partial charge >= 0.3 is 0 Å². The van der Waals surface area contributed by atoms with Crippen LogP contribution in [0.2, 0.25) is 0 Å². The molecule has 96 valence electrons. The fraction of sp³-hybridized carbons (Fsp3) is 0.188. The Hall–Kier alpha value is -1.92. The summed E-state index contributed by atoms with van der Waals surface area (Å²) >= 11 is 1.69. The van der Waals surface area contributed by atoms with Gasteiger partial charge in [0.2, 0.25) is 0 Å². The van der Waals surface area contributed by atoms with Crippen molar-refractivity contribution in [3.8, 4) is 6.07 Å². The molecular formula is C16H16N2S. The van der Waals surface area contributed by atoms with Gasteiger partial charge in [-0.25, -0.2) is 0 Å². The molecule has 2 aromatic carbocycles. The van der Waals surface area contributed by atoms with Crippen molar-refractivity contribution in [1.29, 1.82) is 5.26 Å². The Morgan fingerprint density at radius 2 is 1.74 bits per heavy atom. The molecule has 0 bridgehead atoms. The Balaban J connectivity index is 2.25. The van der Waals surface area contributed by atoms with Crippen molar-refractivity contribution < 1.29 is 0 Å². The summed E-state index contributed by atoms with van der Waals surface area (Å²) in [4.78, 5) is 2.32. The van der Waals surface area contributed by atoms with Crippen LogP contribution >= 0.6 is 11.8 Å². The molecule has 0 aliphatic rings. The lowest BCUT2D eigenvalue weighted by atomic mass is 10.1. The topological polar surface area (TPSA) is 49.8 Å². The van der Waals surface area contributed by atoms with E-state index in [-0.39, 0.29) is 0 Å². The second-order valence-electron chi connectivity index (χ2n) is 4.54. The lowest BCUT2D eigenvalue weighted by Crippen LogP contribution is -1.93. The van der Waals surface area contributed by atoms with Crippen LogP contribution in [-0.4, -0.2) is 0 Å². The van der Waals surface area contributed by atoms with Crippen LogP contribution in [0.15, 0.2) is 46.2 Å². The molecule has 0 unspecified atom stereocenters. The number of nitrogen functional groups attached to an aromatic ring is 1. The molecule has 2 rings (SSSR count). The first-order chi connectivity index (χ1) is 9.10. The molecule has 0 saturated heterocycles. The van der Waals surface area contributed by atoms with E-state index in [4.69, 9.17) is 11.0 Å². The van der Waals surface area contributed by atoms with Crippen LogP contribution in [0.5, 0.6) is 0 Å². The minimum Gasteiger partial charge on any atom is -0.398 e. The van der Waals surface area contributed by atoms with Gasteiger partial charge in [-0.2, -0.15) is 5.26 Å². The molecule has 0 aliphatic heterocycles. The minimum atomic E-state index is 0.354. The van der Waals surface area contributed by atoms with E-state index in [1.165, 1.54) is 16.0 Å². The molecule has 3 heteroatoms. The van der Waals surface area contributed by atoms with E-state index in [1.807, 2.05) is 18.2 Å². The Morgan fingerprint density at radius 3 is 2.42 bits per heavy atom. The zero-order chi connectivity index (χ0) is 13.8. The summed E-state index contributed by atoms with van der Waals surface area (Å²) in [6, 6.07) is 14.4. The third kappa shape index (κ3) is 3.30. The second kappa shape index (κ2) is 5.81. The SMILES string of the molecule is Cc1ccc(Sc2ccc(N)c(CC#N)c2)cc1C. The average Bonchev–Trinajstić information content (AvgIpc) is 2.38. The van der Waals surface area contributed by atoms with Gasteiger partial charge in [-0.15, -0.1) is 0 Å². The van der Waals surface area contributed by atoms with E-state index in [9.17, 15) is 0 Å². The molecule has 2 aromatic rings. The maximum atomic E-state index is 8.78. The third-order valence-electron chi connectivity index (χ3n) is 3.10. The zero-order valence-electron chi connectivity index (χ0n) is 11.1. The lowest BCUT2D eigenvalue weighted by Gasteiger charge is -2.07. The maximum Gasteiger partial charge on any atom is 0.0670 e. The van der Waals surface area contributed by atoms with Crippen molar-refractivity contribution in [2.75, 3.05) is 5.73 Å². The molecule has 0 spiro atoms. The summed E-state index contributed by atoms with van der Waals surface area (Å²) in [5.41, 5.74) is 10.0. The molecule has 2 N–H and O–H groups in total. The molecule has 0 amide bonds. The number of rotatable bonds is 3. The number of nitrogens with zero attached hydrogens (tertiary/aromatic N) is 1. The number of nitrogens with two attached hydrogens (primary N) is 1. The second-order valence-corrected chi connectivity index (χ2v) is 5.69. The fourth-order valence-corrected chi connectivity index (χ4v) is 2.78. The van der Waals surface area contributed by atoms with Crippen LogP contribution in [0.3, 0.4) is 0 Å². The van der Waals surface area contributed by atoms with Crippen molar-refractivity contribution in [1.82, 2.24) is 0 Å². The normalized spacial score (nSPS) is 10.2. The van der Waals surface area contributed by atoms with Crippen LogP contribution in [0.25, 0.3) is 0 Å². The summed E-state index contributed by atoms with van der Waals surface area (Å²) in [7, 11) is 0. The first-order valence-electron chi connectivity index (χ1n) is 6.10. The highest BCUT2D eigenvalue weighted by molar-refractivity contribution is 7.99. The third-order valence-corrected chi connectivity index (χ3v) is 4.08. The molecule has 2 nitrogen and oxygen atoms in total. The molecule has 0 aromatic heterocycles. The molecule has 0 radical (unpaired) electrons. The van der Waals surface area contributed by atoms with Crippen molar-refractivity contribution >= 4 is 17.4 Å².